The highest BCUT2D eigenvalue weighted by Crippen LogP contribution is 2.37. The molecule has 0 aliphatic rings. The summed E-state index contributed by atoms with van der Waals surface area (Å²) in [5.74, 6) is -0.249. The van der Waals surface area contributed by atoms with Gasteiger partial charge in [-0.05, 0) is 46.8 Å². The minimum Gasteiger partial charge on any atom is -0.472 e. The molecule has 0 saturated carbocycles. The fourth-order valence-corrected chi connectivity index (χ4v) is 2.87. The molecule has 0 unspecified atom stereocenters. The van der Waals surface area contributed by atoms with Crippen molar-refractivity contribution >= 4 is 17.3 Å². The minimum atomic E-state index is -4.65. The largest absolute Gasteiger partial charge is 0.472 e. The fraction of sp³-hybridized carbons (Fsp3) is 0.100. The number of nitrogens with one attached hydrogen (secondary N) is 2. The molecule has 2 aromatic carbocycles. The molecule has 4 rings (SSSR count). The zero-order valence-corrected chi connectivity index (χ0v) is 15.8. The number of tetrazole rings is 1. The molecular weight excluding hydrogens is 413 g/mol. The van der Waals surface area contributed by atoms with Gasteiger partial charge in [-0.15, -0.1) is 5.10 Å². The number of hydrogen-bond donors (Lipinski definition) is 2. The van der Waals surface area contributed by atoms with Crippen molar-refractivity contribution in [3.8, 4) is 5.69 Å². The van der Waals surface area contributed by atoms with Crippen LogP contribution in [0.2, 0.25) is 0 Å². The molecule has 158 valence electrons. The Morgan fingerprint density at radius 3 is 2.61 bits per heavy atom. The molecule has 0 bridgehead atoms. The van der Waals surface area contributed by atoms with E-state index in [1.165, 1.54) is 35.4 Å². The lowest BCUT2D eigenvalue weighted by Gasteiger charge is -2.16. The second kappa shape index (κ2) is 8.30. The van der Waals surface area contributed by atoms with Crippen molar-refractivity contribution in [3.63, 3.8) is 0 Å². The first kappa shape index (κ1) is 20.1. The van der Waals surface area contributed by atoms with E-state index < -0.39 is 17.6 Å². The van der Waals surface area contributed by atoms with E-state index in [9.17, 15) is 18.0 Å². The van der Waals surface area contributed by atoms with Crippen LogP contribution in [0.25, 0.3) is 5.69 Å². The summed E-state index contributed by atoms with van der Waals surface area (Å²) in [7, 11) is 0. The van der Waals surface area contributed by atoms with Crippen LogP contribution < -0.4 is 10.6 Å². The van der Waals surface area contributed by atoms with E-state index >= 15 is 0 Å². The summed E-state index contributed by atoms with van der Waals surface area (Å²) in [6, 6.07) is 13.9. The predicted octanol–water partition coefficient (Wildman–Crippen LogP) is 4.14. The van der Waals surface area contributed by atoms with Crippen LogP contribution in [0.15, 0.2) is 71.5 Å². The zero-order valence-electron chi connectivity index (χ0n) is 15.8. The highest BCUT2D eigenvalue weighted by Gasteiger charge is 2.34. The Bertz CT molecular complexity index is 1170. The van der Waals surface area contributed by atoms with E-state index in [-0.39, 0.29) is 23.5 Å². The number of amides is 1. The average molecular weight is 428 g/mol. The van der Waals surface area contributed by atoms with E-state index in [4.69, 9.17) is 4.42 Å². The quantitative estimate of drug-likeness (QED) is 0.479. The summed E-state index contributed by atoms with van der Waals surface area (Å²) in [5.41, 5.74) is -0.230. The molecule has 31 heavy (non-hydrogen) atoms. The number of hydrogen-bond acceptors (Lipinski definition) is 6. The molecule has 0 atom stereocenters. The fourth-order valence-electron chi connectivity index (χ4n) is 2.87. The number of aromatic nitrogens is 4. The van der Waals surface area contributed by atoms with E-state index in [2.05, 4.69) is 26.2 Å². The van der Waals surface area contributed by atoms with Crippen molar-refractivity contribution in [2.75, 3.05) is 10.6 Å². The highest BCUT2D eigenvalue weighted by molar-refractivity contribution is 6.04. The molecule has 11 heteroatoms. The lowest BCUT2D eigenvalue weighted by Crippen LogP contribution is -2.15. The van der Waals surface area contributed by atoms with Gasteiger partial charge < -0.3 is 15.1 Å². The SMILES string of the molecule is O=C(Nc1ccc(NCc2nnnn2-c2ccccc2)c(C(F)(F)F)c1)c1ccoc1. The third-order valence-electron chi connectivity index (χ3n) is 4.34. The number of furan rings is 1. The molecule has 2 heterocycles. The Balaban J connectivity index is 1.55. The van der Waals surface area contributed by atoms with E-state index in [0.717, 1.165) is 6.07 Å². The monoisotopic (exact) mass is 428 g/mol. The maximum Gasteiger partial charge on any atom is 0.418 e. The molecule has 0 radical (unpaired) electrons. The number of halogens is 3. The van der Waals surface area contributed by atoms with E-state index in [0.29, 0.717) is 11.5 Å². The molecular formula is C20H15F3N6O2. The van der Waals surface area contributed by atoms with Gasteiger partial charge in [0.05, 0.1) is 29.6 Å². The summed E-state index contributed by atoms with van der Waals surface area (Å²) in [6.45, 7) is -0.0499. The molecule has 0 saturated heterocycles. The van der Waals surface area contributed by atoms with Gasteiger partial charge in [0, 0.05) is 11.4 Å². The first-order valence-corrected chi connectivity index (χ1v) is 9.03. The van der Waals surface area contributed by atoms with Crippen LogP contribution in [0.4, 0.5) is 24.5 Å². The molecule has 0 spiro atoms. The van der Waals surface area contributed by atoms with Crippen molar-refractivity contribution in [2.24, 2.45) is 0 Å². The van der Waals surface area contributed by atoms with E-state index in [1.807, 2.05) is 6.07 Å². The summed E-state index contributed by atoms with van der Waals surface area (Å²) in [4.78, 5) is 12.1. The zero-order chi connectivity index (χ0) is 21.8. The molecule has 8 nitrogen and oxygen atoms in total. The van der Waals surface area contributed by atoms with Gasteiger partial charge in [-0.3, -0.25) is 4.79 Å². The Morgan fingerprint density at radius 2 is 1.90 bits per heavy atom. The van der Waals surface area contributed by atoms with Crippen LogP contribution in [-0.2, 0) is 12.7 Å². The normalized spacial score (nSPS) is 11.3. The molecule has 1 amide bonds. The second-order valence-electron chi connectivity index (χ2n) is 6.42. The van der Waals surface area contributed by atoms with Crippen LogP contribution in [0.3, 0.4) is 0 Å². The Labute approximate surface area is 173 Å². The van der Waals surface area contributed by atoms with Crippen molar-refractivity contribution in [1.29, 1.82) is 0 Å². The lowest BCUT2D eigenvalue weighted by molar-refractivity contribution is -0.136. The molecule has 2 aromatic heterocycles. The van der Waals surface area contributed by atoms with Crippen molar-refractivity contribution in [2.45, 2.75) is 12.7 Å². The number of benzene rings is 2. The average Bonchev–Trinajstić information content (AvgIpc) is 3.45. The molecule has 4 aromatic rings. The van der Waals surface area contributed by atoms with Crippen molar-refractivity contribution in [3.05, 3.63) is 84.1 Å². The second-order valence-corrected chi connectivity index (χ2v) is 6.42. The molecule has 0 aliphatic carbocycles. The minimum absolute atomic E-state index is 0.00167. The van der Waals surface area contributed by atoms with Gasteiger partial charge in [-0.2, -0.15) is 17.9 Å². The topological polar surface area (TPSA) is 97.9 Å². The summed E-state index contributed by atoms with van der Waals surface area (Å²) < 4.78 is 47.1. The first-order chi connectivity index (χ1) is 14.9. The summed E-state index contributed by atoms with van der Waals surface area (Å²) in [6.07, 6.45) is -2.15. The van der Waals surface area contributed by atoms with Crippen LogP contribution in [0.5, 0.6) is 0 Å². The number of nitrogens with zero attached hydrogens (tertiary/aromatic N) is 4. The highest BCUT2D eigenvalue weighted by atomic mass is 19.4. The summed E-state index contributed by atoms with van der Waals surface area (Å²) in [5, 5.41) is 16.5. The van der Waals surface area contributed by atoms with Gasteiger partial charge in [0.25, 0.3) is 5.91 Å². The third-order valence-corrected chi connectivity index (χ3v) is 4.34. The van der Waals surface area contributed by atoms with Gasteiger partial charge >= 0.3 is 6.18 Å². The number of rotatable bonds is 6. The molecule has 0 aliphatic heterocycles. The van der Waals surface area contributed by atoms with Crippen LogP contribution >= 0.6 is 0 Å². The Hall–Kier alpha value is -4.15. The molecule has 2 N–H and O–H groups in total. The third kappa shape index (κ3) is 4.55. The number of alkyl halides is 3. The summed E-state index contributed by atoms with van der Waals surface area (Å²) >= 11 is 0. The maximum atomic E-state index is 13.6. The smallest absolute Gasteiger partial charge is 0.418 e. The molecule has 0 fully saturated rings. The van der Waals surface area contributed by atoms with Gasteiger partial charge in [0.2, 0.25) is 0 Å². The Kier molecular flexibility index (Phi) is 5.39. The van der Waals surface area contributed by atoms with Gasteiger partial charge in [-0.1, -0.05) is 18.2 Å². The predicted molar refractivity (Wildman–Crippen MR) is 105 cm³/mol. The van der Waals surface area contributed by atoms with Crippen molar-refractivity contribution < 1.29 is 22.4 Å². The lowest BCUT2D eigenvalue weighted by atomic mass is 10.1. The number of carbonyl (C=O) groups is 1. The standard InChI is InChI=1S/C20H15F3N6O2/c21-20(22,23)16-10-14(25-19(30)13-8-9-31-12-13)6-7-17(16)24-11-18-26-27-28-29(18)15-4-2-1-3-5-15/h1-10,12,24H,11H2,(H,25,30). The van der Waals surface area contributed by atoms with Gasteiger partial charge in [-0.25, -0.2) is 0 Å². The number of para-hydroxylation sites is 1. The Morgan fingerprint density at radius 1 is 1.10 bits per heavy atom. The van der Waals surface area contributed by atoms with Gasteiger partial charge in [0.15, 0.2) is 5.82 Å². The van der Waals surface area contributed by atoms with Gasteiger partial charge in [0.1, 0.15) is 6.26 Å². The maximum absolute atomic E-state index is 13.6. The first-order valence-electron chi connectivity index (χ1n) is 9.03. The number of anilines is 2. The number of carbonyl (C=O) groups excluding carboxylic acids is 1. The van der Waals surface area contributed by atoms with E-state index in [1.54, 1.807) is 24.3 Å². The van der Waals surface area contributed by atoms with Crippen LogP contribution in [-0.4, -0.2) is 26.1 Å². The van der Waals surface area contributed by atoms with Crippen LogP contribution in [0.1, 0.15) is 21.7 Å². The van der Waals surface area contributed by atoms with Crippen LogP contribution in [0, 0.1) is 0 Å². The van der Waals surface area contributed by atoms with Crippen molar-refractivity contribution in [1.82, 2.24) is 20.2 Å².